The zero-order valence-corrected chi connectivity index (χ0v) is 16.3. The fraction of sp³-hybridized carbons (Fsp3) is 0.158. The highest BCUT2D eigenvalue weighted by Crippen LogP contribution is 2.33. The number of benzene rings is 2. The molecule has 0 unspecified atom stereocenters. The lowest BCUT2D eigenvalue weighted by molar-refractivity contribution is -0.120. The van der Waals surface area contributed by atoms with Crippen LogP contribution >= 0.6 is 34.8 Å². The molecule has 0 saturated heterocycles. The number of imide groups is 1. The summed E-state index contributed by atoms with van der Waals surface area (Å²) in [4.78, 5) is 26.2. The van der Waals surface area contributed by atoms with Crippen molar-refractivity contribution in [3.8, 4) is 0 Å². The van der Waals surface area contributed by atoms with Gasteiger partial charge in [-0.3, -0.25) is 9.59 Å². The molecular formula is C19H15Cl3N2O2. The van der Waals surface area contributed by atoms with Crippen LogP contribution in [0.3, 0.4) is 0 Å². The van der Waals surface area contributed by atoms with E-state index in [-0.39, 0.29) is 16.4 Å². The second kappa shape index (κ2) is 7.31. The molecule has 4 nitrogen and oxygen atoms in total. The Bertz CT molecular complexity index is 901. The van der Waals surface area contributed by atoms with Gasteiger partial charge in [-0.25, -0.2) is 4.90 Å². The van der Waals surface area contributed by atoms with Crippen LogP contribution in [0.2, 0.25) is 10.0 Å². The smallest absolute Gasteiger partial charge is 0.283 e. The third-order valence-corrected chi connectivity index (χ3v) is 4.77. The summed E-state index contributed by atoms with van der Waals surface area (Å²) in [5.41, 5.74) is 2.11. The average Bonchev–Trinajstić information content (AvgIpc) is 2.78. The van der Waals surface area contributed by atoms with Crippen molar-refractivity contribution in [2.45, 2.75) is 19.8 Å². The molecule has 1 heterocycles. The molecule has 0 aromatic heterocycles. The first-order chi connectivity index (χ1) is 12.3. The summed E-state index contributed by atoms with van der Waals surface area (Å²) in [5.74, 6) is -0.799. The second-order valence-corrected chi connectivity index (χ2v) is 7.41. The normalized spacial score (nSPS) is 14.6. The van der Waals surface area contributed by atoms with E-state index < -0.39 is 11.8 Å². The molecule has 0 spiro atoms. The maximum atomic E-state index is 12.7. The van der Waals surface area contributed by atoms with Gasteiger partial charge in [0.1, 0.15) is 10.7 Å². The van der Waals surface area contributed by atoms with Crippen LogP contribution in [0.25, 0.3) is 0 Å². The number of carbonyl (C=O) groups is 2. The SMILES string of the molecule is CC(C)c1ccc(NC2=C(Cl)C(=O)N(c3cc(Cl)cc(Cl)c3)C2=O)cc1. The molecule has 1 aliphatic heterocycles. The van der Waals surface area contributed by atoms with Crippen molar-refractivity contribution in [1.82, 2.24) is 0 Å². The number of hydrogen-bond donors (Lipinski definition) is 1. The van der Waals surface area contributed by atoms with Gasteiger partial charge in [-0.15, -0.1) is 0 Å². The predicted molar refractivity (Wildman–Crippen MR) is 106 cm³/mol. The first kappa shape index (κ1) is 18.8. The van der Waals surface area contributed by atoms with Gasteiger partial charge < -0.3 is 5.32 Å². The Labute approximate surface area is 166 Å². The van der Waals surface area contributed by atoms with Crippen LogP contribution in [0.5, 0.6) is 0 Å². The monoisotopic (exact) mass is 408 g/mol. The van der Waals surface area contributed by atoms with Crippen LogP contribution < -0.4 is 10.2 Å². The molecule has 2 aromatic rings. The van der Waals surface area contributed by atoms with E-state index in [1.54, 1.807) is 0 Å². The third-order valence-electron chi connectivity index (χ3n) is 3.98. The van der Waals surface area contributed by atoms with Crippen molar-refractivity contribution in [1.29, 1.82) is 0 Å². The molecule has 3 rings (SSSR count). The maximum absolute atomic E-state index is 12.7. The Balaban J connectivity index is 1.89. The van der Waals surface area contributed by atoms with Crippen LogP contribution in [-0.2, 0) is 9.59 Å². The van der Waals surface area contributed by atoms with Gasteiger partial charge in [0.25, 0.3) is 11.8 Å². The predicted octanol–water partition coefficient (Wildman–Crippen LogP) is 5.55. The number of carbonyl (C=O) groups excluding carboxylic acids is 2. The lowest BCUT2D eigenvalue weighted by Gasteiger charge is -2.16. The fourth-order valence-corrected chi connectivity index (χ4v) is 3.34. The van der Waals surface area contributed by atoms with Crippen LogP contribution in [0.4, 0.5) is 11.4 Å². The van der Waals surface area contributed by atoms with Gasteiger partial charge in [0.05, 0.1) is 5.69 Å². The van der Waals surface area contributed by atoms with Crippen molar-refractivity contribution >= 4 is 58.0 Å². The number of nitrogens with zero attached hydrogens (tertiary/aromatic N) is 1. The molecule has 0 atom stereocenters. The average molecular weight is 410 g/mol. The molecule has 26 heavy (non-hydrogen) atoms. The van der Waals surface area contributed by atoms with Crippen LogP contribution in [0.15, 0.2) is 53.2 Å². The number of amides is 2. The Kier molecular flexibility index (Phi) is 5.28. The van der Waals surface area contributed by atoms with Crippen molar-refractivity contribution in [2.75, 3.05) is 10.2 Å². The summed E-state index contributed by atoms with van der Waals surface area (Å²) < 4.78 is 0. The van der Waals surface area contributed by atoms with E-state index in [0.29, 0.717) is 21.7 Å². The Morgan fingerprint density at radius 2 is 1.46 bits per heavy atom. The van der Waals surface area contributed by atoms with Crippen LogP contribution in [-0.4, -0.2) is 11.8 Å². The third kappa shape index (κ3) is 3.58. The quantitative estimate of drug-likeness (QED) is 0.673. The van der Waals surface area contributed by atoms with Crippen molar-refractivity contribution in [3.63, 3.8) is 0 Å². The summed E-state index contributed by atoms with van der Waals surface area (Å²) in [7, 11) is 0. The zero-order chi connectivity index (χ0) is 19.0. The molecule has 0 aliphatic carbocycles. The van der Waals surface area contributed by atoms with Gasteiger partial charge in [0.15, 0.2) is 0 Å². The fourth-order valence-electron chi connectivity index (χ4n) is 2.61. The molecule has 1 N–H and O–H groups in total. The Morgan fingerprint density at radius 1 is 0.885 bits per heavy atom. The summed E-state index contributed by atoms with van der Waals surface area (Å²) >= 11 is 18.1. The second-order valence-electron chi connectivity index (χ2n) is 6.16. The highest BCUT2D eigenvalue weighted by atomic mass is 35.5. The maximum Gasteiger partial charge on any atom is 0.283 e. The molecule has 0 saturated carbocycles. The topological polar surface area (TPSA) is 49.4 Å². The molecule has 134 valence electrons. The van der Waals surface area contributed by atoms with Crippen molar-refractivity contribution in [3.05, 3.63) is 68.8 Å². The number of anilines is 2. The first-order valence-corrected chi connectivity index (χ1v) is 9.03. The Morgan fingerprint density at radius 3 is 2.00 bits per heavy atom. The van der Waals surface area contributed by atoms with Crippen molar-refractivity contribution < 1.29 is 9.59 Å². The Hall–Kier alpha value is -2.01. The van der Waals surface area contributed by atoms with Gasteiger partial charge in [-0.05, 0) is 41.8 Å². The number of nitrogens with one attached hydrogen (secondary N) is 1. The zero-order valence-electron chi connectivity index (χ0n) is 14.0. The summed E-state index contributed by atoms with van der Waals surface area (Å²) in [6.07, 6.45) is 0. The molecule has 2 aromatic carbocycles. The highest BCUT2D eigenvalue weighted by Gasteiger charge is 2.39. The number of halogens is 3. The van der Waals surface area contributed by atoms with Crippen molar-refractivity contribution in [2.24, 2.45) is 0 Å². The summed E-state index contributed by atoms with van der Waals surface area (Å²) in [5, 5.41) is 3.38. The molecule has 7 heteroatoms. The van der Waals surface area contributed by atoms with E-state index in [1.807, 2.05) is 24.3 Å². The standard InChI is InChI=1S/C19H15Cl3N2O2/c1-10(2)11-3-5-14(6-4-11)23-17-16(22)18(25)24(19(17)26)15-8-12(20)7-13(21)9-15/h3-10,23H,1-2H3. The van der Waals surface area contributed by atoms with E-state index in [9.17, 15) is 9.59 Å². The molecule has 0 fully saturated rings. The van der Waals surface area contributed by atoms with Gasteiger partial charge in [0.2, 0.25) is 0 Å². The van der Waals surface area contributed by atoms with E-state index in [1.165, 1.54) is 23.8 Å². The lowest BCUT2D eigenvalue weighted by Crippen LogP contribution is -2.32. The molecule has 1 aliphatic rings. The molecule has 2 amide bonds. The first-order valence-electron chi connectivity index (χ1n) is 7.89. The molecule has 0 radical (unpaired) electrons. The summed E-state index contributed by atoms with van der Waals surface area (Å²) in [6.45, 7) is 4.18. The highest BCUT2D eigenvalue weighted by molar-refractivity contribution is 6.53. The van der Waals surface area contributed by atoms with Crippen LogP contribution in [0.1, 0.15) is 25.3 Å². The van der Waals surface area contributed by atoms with E-state index in [2.05, 4.69) is 19.2 Å². The minimum Gasteiger partial charge on any atom is -0.350 e. The lowest BCUT2D eigenvalue weighted by atomic mass is 10.0. The minimum atomic E-state index is -0.628. The minimum absolute atomic E-state index is 0.0186. The van der Waals surface area contributed by atoms with E-state index >= 15 is 0 Å². The van der Waals surface area contributed by atoms with E-state index in [4.69, 9.17) is 34.8 Å². The molecular weight excluding hydrogens is 395 g/mol. The summed E-state index contributed by atoms with van der Waals surface area (Å²) in [6, 6.07) is 12.1. The van der Waals surface area contributed by atoms with E-state index in [0.717, 1.165) is 4.90 Å². The van der Waals surface area contributed by atoms with Crippen LogP contribution in [0, 0.1) is 0 Å². The molecule has 0 bridgehead atoms. The largest absolute Gasteiger partial charge is 0.350 e. The van der Waals surface area contributed by atoms with Gasteiger partial charge in [0, 0.05) is 15.7 Å². The van der Waals surface area contributed by atoms with Gasteiger partial charge in [-0.2, -0.15) is 0 Å². The van der Waals surface area contributed by atoms with Gasteiger partial charge >= 0.3 is 0 Å². The number of hydrogen-bond acceptors (Lipinski definition) is 3. The van der Waals surface area contributed by atoms with Gasteiger partial charge in [-0.1, -0.05) is 60.8 Å². The number of rotatable bonds is 4.